The highest BCUT2D eigenvalue weighted by molar-refractivity contribution is 7.14. The van der Waals surface area contributed by atoms with Crippen molar-refractivity contribution < 1.29 is 19.1 Å². The first-order chi connectivity index (χ1) is 14.0. The summed E-state index contributed by atoms with van der Waals surface area (Å²) in [7, 11) is 1.28. The lowest BCUT2D eigenvalue weighted by Gasteiger charge is -2.08. The lowest BCUT2D eigenvalue weighted by molar-refractivity contribution is -0.115. The van der Waals surface area contributed by atoms with Gasteiger partial charge >= 0.3 is 12.0 Å². The summed E-state index contributed by atoms with van der Waals surface area (Å²) in [5, 5.41) is 10.1. The molecule has 1 heterocycles. The van der Waals surface area contributed by atoms with Crippen molar-refractivity contribution in [2.75, 3.05) is 23.1 Å². The van der Waals surface area contributed by atoms with Crippen LogP contribution in [0.1, 0.15) is 16.1 Å². The highest BCUT2D eigenvalue weighted by Crippen LogP contribution is 2.19. The third-order valence-corrected chi connectivity index (χ3v) is 4.56. The SMILES string of the molecule is COC(=O)c1ccccc1NC(=O)Cc1csc(NC(=O)Nc2ccccc2)n1. The predicted octanol–water partition coefficient (Wildman–Crippen LogP) is 3.75. The number of ether oxygens (including phenoxy) is 1. The van der Waals surface area contributed by atoms with Gasteiger partial charge in [0.1, 0.15) is 0 Å². The minimum absolute atomic E-state index is 0.00596. The second-order valence-electron chi connectivity index (χ2n) is 5.85. The molecule has 0 saturated carbocycles. The predicted molar refractivity (Wildman–Crippen MR) is 111 cm³/mol. The summed E-state index contributed by atoms with van der Waals surface area (Å²) >= 11 is 1.21. The Bertz CT molecular complexity index is 1020. The van der Waals surface area contributed by atoms with Crippen molar-refractivity contribution in [1.29, 1.82) is 0 Å². The number of hydrogen-bond donors (Lipinski definition) is 3. The van der Waals surface area contributed by atoms with Crippen LogP contribution < -0.4 is 16.0 Å². The minimum atomic E-state index is -0.537. The van der Waals surface area contributed by atoms with Gasteiger partial charge in [-0.05, 0) is 24.3 Å². The van der Waals surface area contributed by atoms with Gasteiger partial charge in [-0.3, -0.25) is 10.1 Å². The van der Waals surface area contributed by atoms with Gasteiger partial charge in [-0.1, -0.05) is 30.3 Å². The maximum absolute atomic E-state index is 12.3. The zero-order valence-electron chi connectivity index (χ0n) is 15.5. The number of hydrogen-bond acceptors (Lipinski definition) is 6. The Kier molecular flexibility index (Phi) is 6.54. The van der Waals surface area contributed by atoms with Gasteiger partial charge in [0, 0.05) is 11.1 Å². The number of benzene rings is 2. The van der Waals surface area contributed by atoms with Crippen LogP contribution in [0.2, 0.25) is 0 Å². The number of methoxy groups -OCH3 is 1. The first-order valence-corrected chi connectivity index (χ1v) is 9.48. The fourth-order valence-corrected chi connectivity index (χ4v) is 3.17. The van der Waals surface area contributed by atoms with Gasteiger partial charge in [0.05, 0.1) is 30.5 Å². The Morgan fingerprint density at radius 1 is 0.966 bits per heavy atom. The number of carbonyl (C=O) groups is 3. The van der Waals surface area contributed by atoms with E-state index in [9.17, 15) is 14.4 Å². The molecule has 148 valence electrons. The number of amides is 3. The zero-order chi connectivity index (χ0) is 20.6. The van der Waals surface area contributed by atoms with Gasteiger partial charge in [0.25, 0.3) is 0 Å². The summed E-state index contributed by atoms with van der Waals surface area (Å²) in [6.07, 6.45) is -0.00596. The van der Waals surface area contributed by atoms with Crippen LogP contribution in [-0.2, 0) is 16.0 Å². The molecule has 0 bridgehead atoms. The molecule has 3 rings (SSSR count). The van der Waals surface area contributed by atoms with Crippen molar-refractivity contribution in [2.45, 2.75) is 6.42 Å². The Morgan fingerprint density at radius 2 is 1.69 bits per heavy atom. The van der Waals surface area contributed by atoms with Crippen LogP contribution in [0.25, 0.3) is 0 Å². The molecular formula is C20H18N4O4S. The number of thiazole rings is 1. The van der Waals surface area contributed by atoms with E-state index in [0.717, 1.165) is 0 Å². The lowest BCUT2D eigenvalue weighted by Crippen LogP contribution is -2.19. The number of urea groups is 1. The van der Waals surface area contributed by atoms with Crippen molar-refractivity contribution in [3.8, 4) is 0 Å². The molecule has 0 fully saturated rings. The first-order valence-electron chi connectivity index (χ1n) is 8.60. The molecular weight excluding hydrogens is 392 g/mol. The van der Waals surface area contributed by atoms with E-state index in [4.69, 9.17) is 4.74 Å². The molecule has 0 unspecified atom stereocenters. The van der Waals surface area contributed by atoms with Crippen LogP contribution in [-0.4, -0.2) is 30.0 Å². The van der Waals surface area contributed by atoms with E-state index in [0.29, 0.717) is 22.2 Å². The molecule has 8 nitrogen and oxygen atoms in total. The molecule has 29 heavy (non-hydrogen) atoms. The monoisotopic (exact) mass is 410 g/mol. The van der Waals surface area contributed by atoms with E-state index >= 15 is 0 Å². The Hall–Kier alpha value is -3.72. The highest BCUT2D eigenvalue weighted by Gasteiger charge is 2.15. The number of anilines is 3. The third-order valence-electron chi connectivity index (χ3n) is 3.75. The second kappa shape index (κ2) is 9.47. The Labute approximate surface area is 170 Å². The molecule has 9 heteroatoms. The quantitative estimate of drug-likeness (QED) is 0.536. The van der Waals surface area contributed by atoms with Crippen molar-refractivity contribution in [2.24, 2.45) is 0 Å². The van der Waals surface area contributed by atoms with Crippen LogP contribution in [0.15, 0.2) is 60.0 Å². The van der Waals surface area contributed by atoms with Gasteiger partial charge in [-0.2, -0.15) is 0 Å². The van der Waals surface area contributed by atoms with Gasteiger partial charge < -0.3 is 15.4 Å². The van der Waals surface area contributed by atoms with Crippen LogP contribution in [0.4, 0.5) is 21.3 Å². The maximum Gasteiger partial charge on any atom is 0.339 e. The average Bonchev–Trinajstić information content (AvgIpc) is 3.14. The molecule has 0 spiro atoms. The van der Waals surface area contributed by atoms with Gasteiger partial charge in [0.15, 0.2) is 5.13 Å². The molecule has 0 saturated heterocycles. The molecule has 3 aromatic rings. The topological polar surface area (TPSA) is 109 Å². The molecule has 0 radical (unpaired) electrons. The van der Waals surface area contributed by atoms with Crippen LogP contribution in [0.3, 0.4) is 0 Å². The van der Waals surface area contributed by atoms with E-state index in [-0.39, 0.29) is 17.9 Å². The van der Waals surface area contributed by atoms with E-state index in [2.05, 4.69) is 20.9 Å². The van der Waals surface area contributed by atoms with Crippen molar-refractivity contribution >= 4 is 45.8 Å². The molecule has 0 atom stereocenters. The standard InChI is InChI=1S/C20H18N4O4S/c1-28-18(26)15-9-5-6-10-16(15)23-17(25)11-14-12-29-20(22-14)24-19(27)21-13-7-3-2-4-8-13/h2-10,12H,11H2,1H3,(H,23,25)(H2,21,22,24,27). The number of esters is 1. The minimum Gasteiger partial charge on any atom is -0.465 e. The van der Waals surface area contributed by atoms with E-state index in [1.807, 2.05) is 18.2 Å². The van der Waals surface area contributed by atoms with Gasteiger partial charge in [-0.15, -0.1) is 11.3 Å². The first kappa shape index (κ1) is 20.0. The van der Waals surface area contributed by atoms with Crippen molar-refractivity contribution in [1.82, 2.24) is 4.98 Å². The number of carbonyl (C=O) groups excluding carboxylic acids is 3. The van der Waals surface area contributed by atoms with Crippen molar-refractivity contribution in [3.63, 3.8) is 0 Å². The molecule has 1 aromatic heterocycles. The van der Waals surface area contributed by atoms with Crippen LogP contribution >= 0.6 is 11.3 Å². The normalized spacial score (nSPS) is 10.1. The fraction of sp³-hybridized carbons (Fsp3) is 0.100. The van der Waals surface area contributed by atoms with Gasteiger partial charge in [-0.25, -0.2) is 14.6 Å². The summed E-state index contributed by atoms with van der Waals surface area (Å²) < 4.78 is 4.71. The van der Waals surface area contributed by atoms with Crippen LogP contribution in [0, 0.1) is 0 Å². The van der Waals surface area contributed by atoms with E-state index in [1.165, 1.54) is 18.4 Å². The number of aromatic nitrogens is 1. The molecule has 0 aliphatic heterocycles. The second-order valence-corrected chi connectivity index (χ2v) is 6.71. The van der Waals surface area contributed by atoms with Crippen LogP contribution in [0.5, 0.6) is 0 Å². The Balaban J connectivity index is 1.57. The molecule has 0 aliphatic rings. The summed E-state index contributed by atoms with van der Waals surface area (Å²) in [4.78, 5) is 40.3. The lowest BCUT2D eigenvalue weighted by atomic mass is 10.1. The number of rotatable bonds is 6. The molecule has 0 aliphatic carbocycles. The number of nitrogens with one attached hydrogen (secondary N) is 3. The fourth-order valence-electron chi connectivity index (χ4n) is 2.47. The summed E-state index contributed by atoms with van der Waals surface area (Å²) in [5.41, 5.74) is 1.78. The smallest absolute Gasteiger partial charge is 0.339 e. The third kappa shape index (κ3) is 5.63. The summed E-state index contributed by atoms with van der Waals surface area (Å²) in [6, 6.07) is 15.2. The highest BCUT2D eigenvalue weighted by atomic mass is 32.1. The van der Waals surface area contributed by atoms with E-state index < -0.39 is 12.0 Å². The molecule has 2 aromatic carbocycles. The maximum atomic E-state index is 12.3. The van der Waals surface area contributed by atoms with E-state index in [1.54, 1.807) is 41.8 Å². The molecule has 3 N–H and O–H groups in total. The number of nitrogens with zero attached hydrogens (tertiary/aromatic N) is 1. The Morgan fingerprint density at radius 3 is 2.45 bits per heavy atom. The van der Waals surface area contributed by atoms with Gasteiger partial charge in [0.2, 0.25) is 5.91 Å². The summed E-state index contributed by atoms with van der Waals surface area (Å²) in [6.45, 7) is 0. The largest absolute Gasteiger partial charge is 0.465 e. The molecule has 3 amide bonds. The zero-order valence-corrected chi connectivity index (χ0v) is 16.3. The number of para-hydroxylation sites is 2. The average molecular weight is 410 g/mol. The van der Waals surface area contributed by atoms with Crippen molar-refractivity contribution in [3.05, 3.63) is 71.2 Å². The summed E-state index contributed by atoms with van der Waals surface area (Å²) in [5.74, 6) is -0.877.